The molecule has 1 saturated heterocycles. The fourth-order valence-electron chi connectivity index (χ4n) is 3.31. The summed E-state index contributed by atoms with van der Waals surface area (Å²) in [5, 5.41) is 14.4. The first-order valence-corrected chi connectivity index (χ1v) is 11.8. The predicted octanol–water partition coefficient (Wildman–Crippen LogP) is 2.62. The molecule has 34 heavy (non-hydrogen) atoms. The van der Waals surface area contributed by atoms with Gasteiger partial charge < -0.3 is 25.0 Å². The van der Waals surface area contributed by atoms with E-state index in [0.29, 0.717) is 39.9 Å². The number of carbonyl (C=O) groups is 3. The molecule has 2 aromatic carbocycles. The van der Waals surface area contributed by atoms with E-state index < -0.39 is 6.04 Å². The molecule has 10 heteroatoms. The van der Waals surface area contributed by atoms with Crippen molar-refractivity contribution in [1.82, 2.24) is 10.2 Å². The number of rotatable bonds is 8. The highest BCUT2D eigenvalue weighted by Gasteiger charge is 2.35. The monoisotopic (exact) mass is 482 g/mol. The van der Waals surface area contributed by atoms with Crippen molar-refractivity contribution in [3.63, 3.8) is 0 Å². The van der Waals surface area contributed by atoms with Gasteiger partial charge in [0.2, 0.25) is 5.91 Å². The van der Waals surface area contributed by atoms with Crippen LogP contribution in [0.3, 0.4) is 0 Å². The first-order valence-electron chi connectivity index (χ1n) is 10.6. The number of amides is 3. The van der Waals surface area contributed by atoms with Gasteiger partial charge in [-0.05, 0) is 56.3 Å². The molecule has 9 nitrogen and oxygen atoms in total. The zero-order chi connectivity index (χ0) is 24.7. The molecule has 1 heterocycles. The van der Waals surface area contributed by atoms with Crippen LogP contribution in [0.5, 0.6) is 11.5 Å². The molecule has 0 bridgehead atoms. The Balaban J connectivity index is 1.68. The third kappa shape index (κ3) is 6.20. The zero-order valence-corrected chi connectivity index (χ0v) is 20.0. The highest BCUT2D eigenvalue weighted by molar-refractivity contribution is 7.99. The van der Waals surface area contributed by atoms with Gasteiger partial charge in [-0.3, -0.25) is 14.4 Å². The molecule has 3 amide bonds. The molecular weight excluding hydrogens is 456 g/mol. The van der Waals surface area contributed by atoms with Gasteiger partial charge in [0.15, 0.2) is 18.1 Å². The summed E-state index contributed by atoms with van der Waals surface area (Å²) < 4.78 is 10.9. The molecule has 0 saturated carbocycles. The second-order valence-electron chi connectivity index (χ2n) is 7.85. The lowest BCUT2D eigenvalue weighted by molar-refractivity contribution is -0.123. The SMILES string of the molecule is COc1cc(C(=O)N2CSCC2C(=O)Nc2ccc(C#N)cc2)ccc1OCC(=O)NC(C)C. The highest BCUT2D eigenvalue weighted by atomic mass is 32.2. The van der Waals surface area contributed by atoms with Crippen molar-refractivity contribution in [3.05, 3.63) is 53.6 Å². The number of benzene rings is 2. The van der Waals surface area contributed by atoms with Gasteiger partial charge in [0.25, 0.3) is 11.8 Å². The second-order valence-corrected chi connectivity index (χ2v) is 8.85. The molecule has 0 aliphatic carbocycles. The van der Waals surface area contributed by atoms with Crippen molar-refractivity contribution in [2.24, 2.45) is 0 Å². The summed E-state index contributed by atoms with van der Waals surface area (Å²) in [6.45, 7) is 3.53. The van der Waals surface area contributed by atoms with Crippen LogP contribution in [0, 0.1) is 11.3 Å². The Hall–Kier alpha value is -3.71. The lowest BCUT2D eigenvalue weighted by Crippen LogP contribution is -2.44. The van der Waals surface area contributed by atoms with Gasteiger partial charge in [-0.25, -0.2) is 0 Å². The van der Waals surface area contributed by atoms with E-state index in [1.165, 1.54) is 29.8 Å². The van der Waals surface area contributed by atoms with Gasteiger partial charge >= 0.3 is 0 Å². The van der Waals surface area contributed by atoms with Gasteiger partial charge in [-0.1, -0.05) is 0 Å². The number of thioether (sulfide) groups is 1. The highest BCUT2D eigenvalue weighted by Crippen LogP contribution is 2.30. The molecule has 1 unspecified atom stereocenters. The molecule has 178 valence electrons. The predicted molar refractivity (Wildman–Crippen MR) is 129 cm³/mol. The lowest BCUT2D eigenvalue weighted by atomic mass is 10.1. The minimum Gasteiger partial charge on any atom is -0.493 e. The summed E-state index contributed by atoms with van der Waals surface area (Å²) in [5.74, 6) is 0.621. The Morgan fingerprint density at radius 2 is 1.91 bits per heavy atom. The van der Waals surface area contributed by atoms with E-state index in [0.717, 1.165) is 0 Å². The van der Waals surface area contributed by atoms with Crippen molar-refractivity contribution < 1.29 is 23.9 Å². The Morgan fingerprint density at radius 1 is 1.18 bits per heavy atom. The summed E-state index contributed by atoms with van der Waals surface area (Å²) in [4.78, 5) is 39.4. The molecule has 2 aromatic rings. The summed E-state index contributed by atoms with van der Waals surface area (Å²) in [6.07, 6.45) is 0. The van der Waals surface area contributed by atoms with E-state index >= 15 is 0 Å². The van der Waals surface area contributed by atoms with Crippen LogP contribution < -0.4 is 20.1 Å². The number of carbonyl (C=O) groups excluding carboxylic acids is 3. The molecule has 0 spiro atoms. The van der Waals surface area contributed by atoms with Crippen molar-refractivity contribution in [1.29, 1.82) is 5.26 Å². The average molecular weight is 483 g/mol. The number of nitriles is 1. The maximum Gasteiger partial charge on any atom is 0.258 e. The van der Waals surface area contributed by atoms with Crippen molar-refractivity contribution in [2.45, 2.75) is 25.9 Å². The Labute approximate surface area is 202 Å². The molecule has 1 aliphatic rings. The Bertz CT molecular complexity index is 1100. The van der Waals surface area contributed by atoms with Crippen LogP contribution in [-0.4, -0.2) is 60.1 Å². The lowest BCUT2D eigenvalue weighted by Gasteiger charge is -2.23. The Morgan fingerprint density at radius 3 is 2.56 bits per heavy atom. The fourth-order valence-corrected chi connectivity index (χ4v) is 4.46. The maximum atomic E-state index is 13.2. The van der Waals surface area contributed by atoms with Gasteiger partial charge in [-0.2, -0.15) is 5.26 Å². The van der Waals surface area contributed by atoms with Crippen molar-refractivity contribution in [3.8, 4) is 17.6 Å². The van der Waals surface area contributed by atoms with E-state index in [-0.39, 0.29) is 30.4 Å². The molecular formula is C24H26N4O5S. The van der Waals surface area contributed by atoms with E-state index in [1.807, 2.05) is 19.9 Å². The normalized spacial score (nSPS) is 14.9. The van der Waals surface area contributed by atoms with Crippen LogP contribution in [0.2, 0.25) is 0 Å². The molecule has 1 fully saturated rings. The second kappa shape index (κ2) is 11.4. The van der Waals surface area contributed by atoms with Crippen LogP contribution in [0.15, 0.2) is 42.5 Å². The van der Waals surface area contributed by atoms with Gasteiger partial charge in [0, 0.05) is 23.0 Å². The largest absolute Gasteiger partial charge is 0.493 e. The molecule has 0 radical (unpaired) electrons. The Kier molecular flexibility index (Phi) is 8.38. The first kappa shape index (κ1) is 24.9. The number of nitrogens with zero attached hydrogens (tertiary/aromatic N) is 2. The van der Waals surface area contributed by atoms with Crippen molar-refractivity contribution >= 4 is 35.2 Å². The molecule has 2 N–H and O–H groups in total. The van der Waals surface area contributed by atoms with Gasteiger partial charge in [-0.15, -0.1) is 11.8 Å². The smallest absolute Gasteiger partial charge is 0.258 e. The maximum absolute atomic E-state index is 13.2. The van der Waals surface area contributed by atoms with Crippen molar-refractivity contribution in [2.75, 3.05) is 30.7 Å². The van der Waals surface area contributed by atoms with Crippen LogP contribution >= 0.6 is 11.8 Å². The first-order chi connectivity index (χ1) is 16.3. The van der Waals surface area contributed by atoms with Crippen LogP contribution in [-0.2, 0) is 9.59 Å². The number of methoxy groups -OCH3 is 1. The van der Waals surface area contributed by atoms with E-state index in [9.17, 15) is 14.4 Å². The minimum atomic E-state index is -0.644. The van der Waals surface area contributed by atoms with Crippen LogP contribution in [0.4, 0.5) is 5.69 Å². The number of nitrogens with one attached hydrogen (secondary N) is 2. The molecule has 1 atom stereocenters. The summed E-state index contributed by atoms with van der Waals surface area (Å²) >= 11 is 1.49. The average Bonchev–Trinajstić information content (AvgIpc) is 3.32. The number of hydrogen-bond acceptors (Lipinski definition) is 7. The minimum absolute atomic E-state index is 0.00150. The molecule has 1 aliphatic heterocycles. The third-order valence-electron chi connectivity index (χ3n) is 4.95. The standard InChI is InChI=1S/C24H26N4O5S/c1-15(2)26-22(29)12-33-20-9-6-17(10-21(20)32-3)24(31)28-14-34-13-19(28)23(30)27-18-7-4-16(11-25)5-8-18/h4-10,15,19H,12-14H2,1-3H3,(H,26,29)(H,27,30). The molecule has 0 aromatic heterocycles. The van der Waals surface area contributed by atoms with E-state index in [2.05, 4.69) is 10.6 Å². The van der Waals surface area contributed by atoms with E-state index in [4.69, 9.17) is 14.7 Å². The number of hydrogen-bond donors (Lipinski definition) is 2. The van der Waals surface area contributed by atoms with Crippen LogP contribution in [0.25, 0.3) is 0 Å². The van der Waals surface area contributed by atoms with Crippen LogP contribution in [0.1, 0.15) is 29.8 Å². The summed E-state index contributed by atoms with van der Waals surface area (Å²) in [7, 11) is 1.45. The summed E-state index contributed by atoms with van der Waals surface area (Å²) in [6, 6.07) is 12.6. The summed E-state index contributed by atoms with van der Waals surface area (Å²) in [5.41, 5.74) is 1.39. The van der Waals surface area contributed by atoms with Gasteiger partial charge in [0.1, 0.15) is 6.04 Å². The van der Waals surface area contributed by atoms with E-state index in [1.54, 1.807) is 36.4 Å². The third-order valence-corrected chi connectivity index (χ3v) is 5.96. The number of anilines is 1. The van der Waals surface area contributed by atoms with Gasteiger partial charge in [0.05, 0.1) is 24.6 Å². The number of ether oxygens (including phenoxy) is 2. The zero-order valence-electron chi connectivity index (χ0n) is 19.2. The topological polar surface area (TPSA) is 121 Å². The quantitative estimate of drug-likeness (QED) is 0.593. The fraction of sp³-hybridized carbons (Fsp3) is 0.333. The molecule has 3 rings (SSSR count).